The summed E-state index contributed by atoms with van der Waals surface area (Å²) >= 11 is 0. The Morgan fingerprint density at radius 2 is 1.40 bits per heavy atom. The highest BCUT2D eigenvalue weighted by Gasteiger charge is 2.19. The van der Waals surface area contributed by atoms with Crippen LogP contribution < -0.4 is 0 Å². The molecule has 4 rings (SSSR count). The molecule has 0 amide bonds. The Morgan fingerprint density at radius 3 is 2.00 bits per heavy atom. The Hall–Kier alpha value is -3.18. The van der Waals surface area contributed by atoms with E-state index in [1.165, 1.54) is 17.4 Å². The number of aryl methyl sites for hydroxylation is 1. The number of sulfone groups is 1. The Labute approximate surface area is 177 Å². The molecular weight excluding hydrogens is 392 g/mol. The molecule has 0 radical (unpaired) electrons. The first-order chi connectivity index (χ1) is 14.3. The van der Waals surface area contributed by atoms with Gasteiger partial charge in [0, 0.05) is 23.1 Å². The van der Waals surface area contributed by atoms with Crippen LogP contribution in [-0.4, -0.2) is 24.5 Å². The van der Waals surface area contributed by atoms with Crippen molar-refractivity contribution in [3.63, 3.8) is 0 Å². The molecule has 30 heavy (non-hydrogen) atoms. The number of nitrogens with zero attached hydrogens (tertiary/aromatic N) is 2. The van der Waals surface area contributed by atoms with Crippen molar-refractivity contribution in [3.05, 3.63) is 95.7 Å². The van der Waals surface area contributed by atoms with Gasteiger partial charge in [-0.1, -0.05) is 72.3 Å². The predicted molar refractivity (Wildman–Crippen MR) is 121 cm³/mol. The number of benzene rings is 3. The summed E-state index contributed by atoms with van der Waals surface area (Å²) < 4.78 is 25.7. The van der Waals surface area contributed by atoms with E-state index in [-0.39, 0.29) is 0 Å². The van der Waals surface area contributed by atoms with E-state index in [1.807, 2.05) is 35.0 Å². The molecule has 0 unspecified atom stereocenters. The van der Waals surface area contributed by atoms with Crippen molar-refractivity contribution in [2.45, 2.75) is 25.3 Å². The second kappa shape index (κ2) is 7.92. The van der Waals surface area contributed by atoms with Crippen molar-refractivity contribution < 1.29 is 8.42 Å². The lowest BCUT2D eigenvalue weighted by molar-refractivity contribution is 0.602. The van der Waals surface area contributed by atoms with Gasteiger partial charge in [0.1, 0.15) is 5.69 Å². The van der Waals surface area contributed by atoms with Crippen molar-refractivity contribution in [1.82, 2.24) is 9.78 Å². The van der Waals surface area contributed by atoms with E-state index in [2.05, 4.69) is 50.2 Å². The average Bonchev–Trinajstić information content (AvgIpc) is 3.05. The van der Waals surface area contributed by atoms with Crippen LogP contribution in [0, 0.1) is 13.8 Å². The molecule has 152 valence electrons. The number of hydrogen-bond donors (Lipinski definition) is 0. The maximum Gasteiger partial charge on any atom is 0.175 e. The van der Waals surface area contributed by atoms with E-state index in [0.29, 0.717) is 11.4 Å². The van der Waals surface area contributed by atoms with Crippen molar-refractivity contribution in [2.24, 2.45) is 0 Å². The fourth-order valence-corrected chi connectivity index (χ4v) is 4.21. The fourth-order valence-electron chi connectivity index (χ4n) is 3.58. The smallest absolute Gasteiger partial charge is 0.175 e. The van der Waals surface area contributed by atoms with Gasteiger partial charge in [-0.3, -0.25) is 4.68 Å². The average molecular weight is 417 g/mol. The normalized spacial score (nSPS) is 11.6. The molecule has 0 N–H and O–H groups in total. The lowest BCUT2D eigenvalue weighted by Gasteiger charge is -2.07. The molecule has 0 aliphatic heterocycles. The van der Waals surface area contributed by atoms with Gasteiger partial charge in [0.2, 0.25) is 0 Å². The second-order valence-electron chi connectivity index (χ2n) is 7.61. The van der Waals surface area contributed by atoms with Crippen LogP contribution in [0.5, 0.6) is 0 Å². The zero-order valence-electron chi connectivity index (χ0n) is 17.3. The SMILES string of the molecule is Cc1ccc(-c2c(-c3ccc(S(C)(=O)=O)cc3)nn(Cc3ccccc3)c2C)cc1. The molecule has 0 aliphatic rings. The van der Waals surface area contributed by atoms with Gasteiger partial charge in [-0.05, 0) is 37.1 Å². The summed E-state index contributed by atoms with van der Waals surface area (Å²) in [5, 5.41) is 4.93. The van der Waals surface area contributed by atoms with Crippen LogP contribution in [0.15, 0.2) is 83.8 Å². The van der Waals surface area contributed by atoms with Crippen molar-refractivity contribution in [1.29, 1.82) is 0 Å². The van der Waals surface area contributed by atoms with Gasteiger partial charge in [0.05, 0.1) is 11.4 Å². The zero-order chi connectivity index (χ0) is 21.3. The molecular formula is C25H24N2O2S. The Kier molecular flexibility index (Phi) is 5.31. The van der Waals surface area contributed by atoms with Gasteiger partial charge in [-0.2, -0.15) is 5.10 Å². The number of rotatable bonds is 5. The molecule has 0 spiro atoms. The lowest BCUT2D eigenvalue weighted by atomic mass is 9.98. The van der Waals surface area contributed by atoms with Crippen molar-refractivity contribution >= 4 is 9.84 Å². The third-order valence-corrected chi connectivity index (χ3v) is 6.41. The highest BCUT2D eigenvalue weighted by Crippen LogP contribution is 2.35. The van der Waals surface area contributed by atoms with E-state index in [4.69, 9.17) is 5.10 Å². The van der Waals surface area contributed by atoms with Crippen LogP contribution in [0.25, 0.3) is 22.4 Å². The molecule has 4 nitrogen and oxygen atoms in total. The summed E-state index contributed by atoms with van der Waals surface area (Å²) in [5.41, 5.74) is 7.37. The first kappa shape index (κ1) is 20.1. The molecule has 0 fully saturated rings. The maximum absolute atomic E-state index is 11.8. The standard InChI is InChI=1S/C25H24N2O2S/c1-18-9-11-21(12-10-18)24-19(2)27(17-20-7-5-4-6-8-20)26-25(24)22-13-15-23(16-14-22)30(3,28)29/h4-16H,17H2,1-3H3. The van der Waals surface area contributed by atoms with Gasteiger partial charge in [0.25, 0.3) is 0 Å². The van der Waals surface area contributed by atoms with Crippen LogP contribution in [-0.2, 0) is 16.4 Å². The molecule has 0 saturated heterocycles. The maximum atomic E-state index is 11.8. The minimum absolute atomic E-state index is 0.309. The lowest BCUT2D eigenvalue weighted by Crippen LogP contribution is -2.03. The van der Waals surface area contributed by atoms with Crippen LogP contribution in [0.1, 0.15) is 16.8 Å². The van der Waals surface area contributed by atoms with Crippen molar-refractivity contribution in [3.8, 4) is 22.4 Å². The third-order valence-electron chi connectivity index (χ3n) is 5.28. The van der Waals surface area contributed by atoms with E-state index in [1.54, 1.807) is 12.1 Å². The first-order valence-electron chi connectivity index (χ1n) is 9.82. The van der Waals surface area contributed by atoms with Crippen LogP contribution in [0.2, 0.25) is 0 Å². The molecule has 0 atom stereocenters. The highest BCUT2D eigenvalue weighted by atomic mass is 32.2. The minimum atomic E-state index is -3.24. The molecule has 0 bridgehead atoms. The van der Waals surface area contributed by atoms with E-state index in [9.17, 15) is 8.42 Å². The zero-order valence-corrected chi connectivity index (χ0v) is 18.1. The Morgan fingerprint density at radius 1 is 0.800 bits per heavy atom. The van der Waals surface area contributed by atoms with Crippen LogP contribution in [0.3, 0.4) is 0 Å². The summed E-state index contributed by atoms with van der Waals surface area (Å²) in [5.74, 6) is 0. The molecule has 1 heterocycles. The molecule has 3 aromatic carbocycles. The summed E-state index contributed by atoms with van der Waals surface area (Å²) in [6, 6.07) is 25.6. The summed E-state index contributed by atoms with van der Waals surface area (Å²) in [7, 11) is -3.24. The monoisotopic (exact) mass is 416 g/mol. The van der Waals surface area contributed by atoms with Gasteiger partial charge >= 0.3 is 0 Å². The summed E-state index contributed by atoms with van der Waals surface area (Å²) in [4.78, 5) is 0.309. The molecule has 5 heteroatoms. The molecule has 4 aromatic rings. The highest BCUT2D eigenvalue weighted by molar-refractivity contribution is 7.90. The van der Waals surface area contributed by atoms with Gasteiger partial charge in [0.15, 0.2) is 9.84 Å². The van der Waals surface area contributed by atoms with Crippen molar-refractivity contribution in [2.75, 3.05) is 6.26 Å². The fraction of sp³-hybridized carbons (Fsp3) is 0.160. The molecule has 1 aromatic heterocycles. The summed E-state index contributed by atoms with van der Waals surface area (Å²) in [6.07, 6.45) is 1.22. The Balaban J connectivity index is 1.85. The first-order valence-corrected chi connectivity index (χ1v) is 11.7. The second-order valence-corrected chi connectivity index (χ2v) is 9.63. The Bertz CT molecular complexity index is 1270. The summed E-state index contributed by atoms with van der Waals surface area (Å²) in [6.45, 7) is 4.83. The largest absolute Gasteiger partial charge is 0.264 e. The van der Waals surface area contributed by atoms with Crippen LogP contribution in [0.4, 0.5) is 0 Å². The third kappa shape index (κ3) is 4.07. The van der Waals surface area contributed by atoms with E-state index >= 15 is 0 Å². The topological polar surface area (TPSA) is 52.0 Å². The van der Waals surface area contributed by atoms with E-state index < -0.39 is 9.84 Å². The quantitative estimate of drug-likeness (QED) is 0.444. The number of hydrogen-bond acceptors (Lipinski definition) is 3. The number of aromatic nitrogens is 2. The predicted octanol–water partition coefficient (Wildman–Crippen LogP) is 5.29. The van der Waals surface area contributed by atoms with Gasteiger partial charge in [-0.15, -0.1) is 0 Å². The minimum Gasteiger partial charge on any atom is -0.264 e. The van der Waals surface area contributed by atoms with E-state index in [0.717, 1.165) is 28.1 Å². The van der Waals surface area contributed by atoms with Gasteiger partial charge in [-0.25, -0.2) is 8.42 Å². The molecule has 0 aliphatic carbocycles. The van der Waals surface area contributed by atoms with Gasteiger partial charge < -0.3 is 0 Å². The van der Waals surface area contributed by atoms with Crippen LogP contribution >= 0.6 is 0 Å². The molecule has 0 saturated carbocycles.